The topological polar surface area (TPSA) is 75.4 Å². The molecule has 4 rings (SSSR count). The minimum atomic E-state index is -0.355. The van der Waals surface area contributed by atoms with Crippen molar-refractivity contribution in [1.29, 1.82) is 0 Å². The fraction of sp³-hybridized carbons (Fsp3) is 0.320. The second kappa shape index (κ2) is 9.61. The number of para-hydroxylation sites is 2. The lowest BCUT2D eigenvalue weighted by Gasteiger charge is -2.29. The number of aromatic hydroxyl groups is 1. The number of hydrogen-bond donors (Lipinski definition) is 1. The predicted octanol–water partition coefficient (Wildman–Crippen LogP) is 4.13. The molecule has 2 heterocycles. The Morgan fingerprint density at radius 3 is 2.53 bits per heavy atom. The van der Waals surface area contributed by atoms with Gasteiger partial charge in [0.15, 0.2) is 5.16 Å². The summed E-state index contributed by atoms with van der Waals surface area (Å²) in [4.78, 5) is 32.1. The number of thioether (sulfide) groups is 1. The van der Waals surface area contributed by atoms with Crippen LogP contribution in [0.3, 0.4) is 0 Å². The number of fused-ring (bicyclic) bond motifs is 1. The molecule has 166 valence electrons. The van der Waals surface area contributed by atoms with Crippen LogP contribution in [0.25, 0.3) is 5.69 Å². The summed E-state index contributed by atoms with van der Waals surface area (Å²) in [6, 6.07) is 15.1. The third-order valence-corrected chi connectivity index (χ3v) is 6.72. The van der Waals surface area contributed by atoms with Crippen LogP contribution in [0.4, 0.5) is 5.69 Å². The zero-order valence-corrected chi connectivity index (χ0v) is 19.2. The maximum absolute atomic E-state index is 13.1. The molecule has 1 aromatic heterocycles. The number of anilines is 1. The van der Waals surface area contributed by atoms with Crippen molar-refractivity contribution in [3.63, 3.8) is 0 Å². The maximum Gasteiger partial charge on any atom is 0.262 e. The van der Waals surface area contributed by atoms with E-state index < -0.39 is 0 Å². The van der Waals surface area contributed by atoms with Crippen LogP contribution in [0.5, 0.6) is 5.88 Å². The summed E-state index contributed by atoms with van der Waals surface area (Å²) in [5.41, 5.74) is 4.62. The number of carbonyl (C=O) groups is 1. The van der Waals surface area contributed by atoms with E-state index in [0.717, 1.165) is 54.3 Å². The third kappa shape index (κ3) is 4.30. The van der Waals surface area contributed by atoms with Crippen LogP contribution in [0.2, 0.25) is 0 Å². The van der Waals surface area contributed by atoms with Crippen LogP contribution >= 0.6 is 11.8 Å². The smallest absolute Gasteiger partial charge is 0.262 e. The number of aromatic nitrogens is 2. The van der Waals surface area contributed by atoms with E-state index in [2.05, 4.69) is 11.1 Å². The molecule has 0 spiro atoms. The van der Waals surface area contributed by atoms with E-state index in [1.165, 1.54) is 17.3 Å². The SMILES string of the molecule is CCc1cccc(CC)c1-n1c(SCC(=O)N2CCCc3ccccc32)nc(O)cc1=O. The van der Waals surface area contributed by atoms with Crippen molar-refractivity contribution in [2.75, 3.05) is 17.2 Å². The predicted molar refractivity (Wildman–Crippen MR) is 128 cm³/mol. The van der Waals surface area contributed by atoms with Crippen molar-refractivity contribution in [2.45, 2.75) is 44.7 Å². The molecule has 0 bridgehead atoms. The fourth-order valence-electron chi connectivity index (χ4n) is 4.25. The molecule has 0 unspecified atom stereocenters. The highest BCUT2D eigenvalue weighted by atomic mass is 32.2. The average Bonchev–Trinajstić information content (AvgIpc) is 2.81. The minimum absolute atomic E-state index is 0.0363. The van der Waals surface area contributed by atoms with Crippen molar-refractivity contribution in [1.82, 2.24) is 9.55 Å². The highest BCUT2D eigenvalue weighted by molar-refractivity contribution is 7.99. The van der Waals surface area contributed by atoms with Gasteiger partial charge in [-0.1, -0.05) is 62.0 Å². The maximum atomic E-state index is 13.1. The van der Waals surface area contributed by atoms with Crippen LogP contribution in [0, 0.1) is 0 Å². The second-order valence-electron chi connectivity index (χ2n) is 7.77. The van der Waals surface area contributed by atoms with Gasteiger partial charge >= 0.3 is 0 Å². The van der Waals surface area contributed by atoms with Gasteiger partial charge in [0, 0.05) is 12.2 Å². The van der Waals surface area contributed by atoms with Crippen molar-refractivity contribution < 1.29 is 9.90 Å². The highest BCUT2D eigenvalue weighted by Crippen LogP contribution is 2.29. The molecule has 0 saturated heterocycles. The van der Waals surface area contributed by atoms with E-state index in [1.807, 2.05) is 55.1 Å². The zero-order chi connectivity index (χ0) is 22.7. The van der Waals surface area contributed by atoms with Crippen molar-refractivity contribution in [3.05, 3.63) is 75.6 Å². The Balaban J connectivity index is 1.68. The first kappa shape index (κ1) is 22.1. The number of carbonyl (C=O) groups excluding carboxylic acids is 1. The highest BCUT2D eigenvalue weighted by Gasteiger charge is 2.24. The molecule has 1 amide bonds. The number of amides is 1. The van der Waals surface area contributed by atoms with Crippen LogP contribution in [-0.4, -0.2) is 32.9 Å². The van der Waals surface area contributed by atoms with Crippen LogP contribution in [0.1, 0.15) is 37.0 Å². The molecule has 6 nitrogen and oxygen atoms in total. The van der Waals surface area contributed by atoms with Gasteiger partial charge in [-0.25, -0.2) is 0 Å². The summed E-state index contributed by atoms with van der Waals surface area (Å²) in [5, 5.41) is 10.4. The van der Waals surface area contributed by atoms with E-state index in [0.29, 0.717) is 11.7 Å². The Kier molecular flexibility index (Phi) is 6.65. The Bertz CT molecular complexity index is 1180. The number of hydrogen-bond acceptors (Lipinski definition) is 5. The van der Waals surface area contributed by atoms with Gasteiger partial charge in [-0.3, -0.25) is 14.2 Å². The summed E-state index contributed by atoms with van der Waals surface area (Å²) >= 11 is 1.19. The van der Waals surface area contributed by atoms with Gasteiger partial charge in [0.05, 0.1) is 17.5 Å². The lowest BCUT2D eigenvalue weighted by molar-refractivity contribution is -0.116. The van der Waals surface area contributed by atoms with E-state index in [1.54, 1.807) is 4.57 Å². The van der Waals surface area contributed by atoms with Gasteiger partial charge in [0.2, 0.25) is 11.8 Å². The van der Waals surface area contributed by atoms with Crippen molar-refractivity contribution in [2.24, 2.45) is 0 Å². The summed E-state index contributed by atoms with van der Waals surface area (Å²) in [6.45, 7) is 4.76. The average molecular weight is 450 g/mol. The van der Waals surface area contributed by atoms with Gasteiger partial charge in [-0.15, -0.1) is 0 Å². The molecule has 0 fully saturated rings. The van der Waals surface area contributed by atoms with Gasteiger partial charge in [0.1, 0.15) is 0 Å². The zero-order valence-electron chi connectivity index (χ0n) is 18.4. The number of benzene rings is 2. The Hall–Kier alpha value is -3.06. The minimum Gasteiger partial charge on any atom is -0.493 e. The molecule has 1 aliphatic rings. The molecular weight excluding hydrogens is 422 g/mol. The molecule has 7 heteroatoms. The van der Waals surface area contributed by atoms with Crippen LogP contribution in [-0.2, 0) is 24.1 Å². The van der Waals surface area contributed by atoms with Crippen molar-refractivity contribution >= 4 is 23.4 Å². The molecule has 2 aromatic carbocycles. The molecular formula is C25H27N3O3S. The quantitative estimate of drug-likeness (QED) is 0.452. The molecule has 1 N–H and O–H groups in total. The number of aryl methyl sites for hydroxylation is 3. The van der Waals surface area contributed by atoms with Crippen LogP contribution in [0.15, 0.2) is 58.5 Å². The van der Waals surface area contributed by atoms with E-state index in [9.17, 15) is 14.7 Å². The molecule has 3 aromatic rings. The lowest BCUT2D eigenvalue weighted by atomic mass is 10.0. The number of nitrogens with zero attached hydrogens (tertiary/aromatic N) is 3. The standard InChI is InChI=1S/C25H27N3O3S/c1-3-17-10-7-11-18(4-2)24(17)28-22(30)15-21(29)26-25(28)32-16-23(31)27-14-8-12-19-9-5-6-13-20(19)27/h5-7,9-11,13,15,29H,3-4,8,12,14,16H2,1-2H3. The molecule has 0 atom stereocenters. The fourth-order valence-corrected chi connectivity index (χ4v) is 5.13. The largest absolute Gasteiger partial charge is 0.493 e. The van der Waals surface area contributed by atoms with Gasteiger partial charge in [-0.2, -0.15) is 4.98 Å². The molecule has 0 saturated carbocycles. The summed E-state index contributed by atoms with van der Waals surface area (Å²) < 4.78 is 1.54. The van der Waals surface area contributed by atoms with Gasteiger partial charge in [-0.05, 0) is 48.4 Å². The molecule has 1 aliphatic heterocycles. The van der Waals surface area contributed by atoms with E-state index in [4.69, 9.17) is 0 Å². The van der Waals surface area contributed by atoms with Gasteiger partial charge in [0.25, 0.3) is 5.56 Å². The summed E-state index contributed by atoms with van der Waals surface area (Å²) in [6.07, 6.45) is 3.40. The normalized spacial score (nSPS) is 13.1. The third-order valence-electron chi connectivity index (χ3n) is 5.80. The van der Waals surface area contributed by atoms with Gasteiger partial charge < -0.3 is 10.0 Å². The number of rotatable bonds is 6. The van der Waals surface area contributed by atoms with E-state index in [-0.39, 0.29) is 23.1 Å². The molecule has 0 aliphatic carbocycles. The second-order valence-corrected chi connectivity index (χ2v) is 8.71. The summed E-state index contributed by atoms with van der Waals surface area (Å²) in [7, 11) is 0. The Morgan fingerprint density at radius 1 is 1.09 bits per heavy atom. The first-order chi connectivity index (χ1) is 15.5. The molecule has 0 radical (unpaired) electrons. The Labute approximate surface area is 191 Å². The monoisotopic (exact) mass is 449 g/mol. The molecule has 32 heavy (non-hydrogen) atoms. The first-order valence-electron chi connectivity index (χ1n) is 11.0. The summed E-state index contributed by atoms with van der Waals surface area (Å²) in [5.74, 6) is -0.248. The Morgan fingerprint density at radius 2 is 1.81 bits per heavy atom. The van der Waals surface area contributed by atoms with Crippen molar-refractivity contribution in [3.8, 4) is 11.6 Å². The van der Waals surface area contributed by atoms with E-state index >= 15 is 0 Å². The first-order valence-corrected chi connectivity index (χ1v) is 12.0. The van der Waals surface area contributed by atoms with Crippen LogP contribution < -0.4 is 10.5 Å². The lowest BCUT2D eigenvalue weighted by Crippen LogP contribution is -2.36.